The van der Waals surface area contributed by atoms with Crippen LogP contribution in [0.3, 0.4) is 0 Å². The zero-order valence-corrected chi connectivity index (χ0v) is 16.3. The first kappa shape index (κ1) is 18.6. The summed E-state index contributed by atoms with van der Waals surface area (Å²) in [7, 11) is 0. The minimum absolute atomic E-state index is 0.0209. The fraction of sp³-hybridized carbons (Fsp3) is 0.800. The molecular weight excluding hydrogens is 312 g/mol. The summed E-state index contributed by atoms with van der Waals surface area (Å²) in [5.41, 5.74) is 1.23. The topological polar surface area (TPSA) is 52.5 Å². The summed E-state index contributed by atoms with van der Waals surface area (Å²) in [5.74, 6) is 3.07. The van der Waals surface area contributed by atoms with Crippen LogP contribution in [-0.2, 0) is 5.41 Å². The van der Waals surface area contributed by atoms with Crippen molar-refractivity contribution in [2.24, 2.45) is 5.92 Å². The van der Waals surface area contributed by atoms with Gasteiger partial charge in [0.15, 0.2) is 0 Å². The minimum atomic E-state index is -0.0209. The van der Waals surface area contributed by atoms with Crippen LogP contribution in [0.15, 0.2) is 6.07 Å². The number of hydrogen-bond acceptors (Lipinski definition) is 5. The number of aliphatic hydroxyl groups excluding tert-OH is 1. The van der Waals surface area contributed by atoms with Crippen molar-refractivity contribution in [3.05, 3.63) is 17.6 Å². The molecule has 5 nitrogen and oxygen atoms in total. The summed E-state index contributed by atoms with van der Waals surface area (Å²) in [6.45, 7) is 14.0. The fourth-order valence-electron chi connectivity index (χ4n) is 3.52. The third kappa shape index (κ3) is 4.50. The number of aliphatic hydroxyl groups is 1. The number of nitrogens with zero attached hydrogens (tertiary/aromatic N) is 4. The molecule has 0 spiro atoms. The molecule has 0 bridgehead atoms. The second-order valence-electron chi connectivity index (χ2n) is 8.93. The second kappa shape index (κ2) is 7.58. The van der Waals surface area contributed by atoms with Crippen molar-refractivity contribution in [1.82, 2.24) is 14.9 Å². The monoisotopic (exact) mass is 346 g/mol. The first-order valence-corrected chi connectivity index (χ1v) is 9.84. The van der Waals surface area contributed by atoms with Crippen molar-refractivity contribution >= 4 is 5.82 Å². The molecule has 1 atom stereocenters. The number of piperazine rings is 1. The number of aromatic nitrogens is 2. The number of rotatable bonds is 5. The molecular formula is C20H34N4O. The molecule has 2 aliphatic rings. The summed E-state index contributed by atoms with van der Waals surface area (Å²) in [4.78, 5) is 14.7. The highest BCUT2D eigenvalue weighted by atomic mass is 16.3. The van der Waals surface area contributed by atoms with E-state index in [2.05, 4.69) is 43.6 Å². The quantitative estimate of drug-likeness (QED) is 0.888. The highest BCUT2D eigenvalue weighted by Crippen LogP contribution is 2.37. The van der Waals surface area contributed by atoms with Crippen LogP contribution < -0.4 is 4.90 Å². The maximum atomic E-state index is 9.26. The summed E-state index contributed by atoms with van der Waals surface area (Å²) in [6.07, 6.45) is 3.87. The van der Waals surface area contributed by atoms with E-state index in [-0.39, 0.29) is 12.0 Å². The first-order chi connectivity index (χ1) is 11.9. The molecule has 0 radical (unpaired) electrons. The van der Waals surface area contributed by atoms with Crippen LogP contribution in [-0.4, -0.2) is 59.3 Å². The fourth-order valence-corrected chi connectivity index (χ4v) is 3.52. The zero-order valence-electron chi connectivity index (χ0n) is 16.3. The van der Waals surface area contributed by atoms with Crippen molar-refractivity contribution in [3.8, 4) is 0 Å². The van der Waals surface area contributed by atoms with Gasteiger partial charge in [-0.3, -0.25) is 4.90 Å². The first-order valence-electron chi connectivity index (χ1n) is 9.84. The molecule has 0 amide bonds. The van der Waals surface area contributed by atoms with Crippen LogP contribution >= 0.6 is 0 Å². The lowest BCUT2D eigenvalue weighted by atomic mass is 9.82. The molecule has 1 saturated carbocycles. The van der Waals surface area contributed by atoms with Crippen molar-refractivity contribution in [2.45, 2.75) is 58.3 Å². The predicted molar refractivity (Wildman–Crippen MR) is 102 cm³/mol. The van der Waals surface area contributed by atoms with E-state index in [9.17, 15) is 5.11 Å². The summed E-state index contributed by atoms with van der Waals surface area (Å²) in [6, 6.07) is 2.24. The molecule has 2 fully saturated rings. The minimum Gasteiger partial charge on any atom is -0.396 e. The van der Waals surface area contributed by atoms with E-state index in [1.54, 1.807) is 0 Å². The molecule has 1 aromatic rings. The van der Waals surface area contributed by atoms with Gasteiger partial charge in [-0.05, 0) is 18.8 Å². The maximum absolute atomic E-state index is 9.26. The number of hydrogen-bond donors (Lipinski definition) is 1. The van der Waals surface area contributed by atoms with Crippen LogP contribution in [0.25, 0.3) is 0 Å². The van der Waals surface area contributed by atoms with Gasteiger partial charge in [-0.2, -0.15) is 0 Å². The molecule has 2 heterocycles. The summed E-state index contributed by atoms with van der Waals surface area (Å²) >= 11 is 0. The molecule has 25 heavy (non-hydrogen) atoms. The molecule has 0 unspecified atom stereocenters. The van der Waals surface area contributed by atoms with Crippen molar-refractivity contribution < 1.29 is 5.11 Å². The van der Waals surface area contributed by atoms with Crippen LogP contribution in [0.4, 0.5) is 5.82 Å². The molecule has 1 aromatic heterocycles. The lowest BCUT2D eigenvalue weighted by molar-refractivity contribution is 0.167. The highest BCUT2D eigenvalue weighted by Gasteiger charge is 2.27. The van der Waals surface area contributed by atoms with Crippen LogP contribution in [0.5, 0.6) is 0 Å². The zero-order chi connectivity index (χ0) is 18.0. The molecule has 1 aliphatic carbocycles. The largest absolute Gasteiger partial charge is 0.396 e. The Balaban J connectivity index is 1.73. The average Bonchev–Trinajstić information content (AvgIpc) is 2.52. The highest BCUT2D eigenvalue weighted by molar-refractivity contribution is 5.42. The van der Waals surface area contributed by atoms with Gasteiger partial charge in [0.1, 0.15) is 11.6 Å². The van der Waals surface area contributed by atoms with Gasteiger partial charge in [-0.15, -0.1) is 0 Å². The Kier molecular flexibility index (Phi) is 5.64. The van der Waals surface area contributed by atoms with Crippen LogP contribution in [0.1, 0.15) is 64.4 Å². The predicted octanol–water partition coefficient (Wildman–Crippen LogP) is 2.79. The Morgan fingerprint density at radius 3 is 2.36 bits per heavy atom. The van der Waals surface area contributed by atoms with Gasteiger partial charge < -0.3 is 10.0 Å². The summed E-state index contributed by atoms with van der Waals surface area (Å²) < 4.78 is 0. The Morgan fingerprint density at radius 1 is 1.16 bits per heavy atom. The van der Waals surface area contributed by atoms with Gasteiger partial charge in [-0.1, -0.05) is 34.1 Å². The lowest BCUT2D eigenvalue weighted by Crippen LogP contribution is -2.48. The van der Waals surface area contributed by atoms with Crippen molar-refractivity contribution in [3.63, 3.8) is 0 Å². The van der Waals surface area contributed by atoms with E-state index in [1.807, 2.05) is 0 Å². The standard InChI is InChI=1S/C20H34N4O/c1-15(14-25)13-23-8-10-24(11-9-23)18-12-17(16-6-5-7-16)21-19(22-18)20(2,3)4/h12,15-16,25H,5-11,13-14H2,1-4H3/t15-/m1/s1. The van der Waals surface area contributed by atoms with Crippen LogP contribution in [0.2, 0.25) is 0 Å². The van der Waals surface area contributed by atoms with E-state index in [4.69, 9.17) is 9.97 Å². The normalized spacial score (nSPS) is 21.2. The molecule has 5 heteroatoms. The average molecular weight is 347 g/mol. The lowest BCUT2D eigenvalue weighted by Gasteiger charge is -2.37. The van der Waals surface area contributed by atoms with Crippen molar-refractivity contribution in [2.75, 3.05) is 44.2 Å². The molecule has 140 valence electrons. The van der Waals surface area contributed by atoms with Gasteiger partial charge in [0.25, 0.3) is 0 Å². The Hall–Kier alpha value is -1.20. The molecule has 3 rings (SSSR count). The van der Waals surface area contributed by atoms with Gasteiger partial charge in [-0.25, -0.2) is 9.97 Å². The van der Waals surface area contributed by atoms with E-state index in [0.29, 0.717) is 11.8 Å². The van der Waals surface area contributed by atoms with E-state index in [0.717, 1.165) is 44.4 Å². The Morgan fingerprint density at radius 2 is 1.84 bits per heavy atom. The third-order valence-electron chi connectivity index (χ3n) is 5.50. The van der Waals surface area contributed by atoms with E-state index in [1.165, 1.54) is 25.0 Å². The third-order valence-corrected chi connectivity index (χ3v) is 5.50. The number of anilines is 1. The van der Waals surface area contributed by atoms with E-state index >= 15 is 0 Å². The molecule has 1 aliphatic heterocycles. The SMILES string of the molecule is C[C@@H](CO)CN1CCN(c2cc(C3CCC3)nc(C(C)(C)C)n2)CC1. The maximum Gasteiger partial charge on any atom is 0.136 e. The smallest absolute Gasteiger partial charge is 0.136 e. The van der Waals surface area contributed by atoms with Gasteiger partial charge in [0.2, 0.25) is 0 Å². The van der Waals surface area contributed by atoms with Gasteiger partial charge in [0, 0.05) is 62.4 Å². The summed E-state index contributed by atoms with van der Waals surface area (Å²) in [5, 5.41) is 9.26. The van der Waals surface area contributed by atoms with Crippen molar-refractivity contribution in [1.29, 1.82) is 0 Å². The van der Waals surface area contributed by atoms with Crippen LogP contribution in [0, 0.1) is 5.92 Å². The Labute approximate surface area is 152 Å². The molecule has 1 saturated heterocycles. The molecule has 1 N–H and O–H groups in total. The second-order valence-corrected chi connectivity index (χ2v) is 8.93. The Bertz CT molecular complexity index is 572. The molecule has 0 aromatic carbocycles. The van der Waals surface area contributed by atoms with Gasteiger partial charge in [0.05, 0.1) is 0 Å². The van der Waals surface area contributed by atoms with E-state index < -0.39 is 0 Å². The van der Waals surface area contributed by atoms with Gasteiger partial charge >= 0.3 is 0 Å².